The maximum Gasteiger partial charge on any atom is 0.157 e. The summed E-state index contributed by atoms with van der Waals surface area (Å²) < 4.78 is 0. The molecule has 0 saturated carbocycles. The van der Waals surface area contributed by atoms with Gasteiger partial charge in [0.25, 0.3) is 0 Å². The molecule has 1 unspecified atom stereocenters. The first-order valence-electron chi connectivity index (χ1n) is 3.39. The van der Waals surface area contributed by atoms with Gasteiger partial charge in [0.15, 0.2) is 5.78 Å². The minimum atomic E-state index is -0.0150. The van der Waals surface area contributed by atoms with E-state index in [1.165, 1.54) is 0 Å². The number of ketones is 1. The SMILES string of the molecule is CCC1N=CCCC1=O. The predicted molar refractivity (Wildman–Crippen MR) is 36.8 cm³/mol. The van der Waals surface area contributed by atoms with Crippen LogP contribution in [0.4, 0.5) is 0 Å². The molecule has 0 saturated heterocycles. The van der Waals surface area contributed by atoms with Gasteiger partial charge in [-0.15, -0.1) is 0 Å². The molecule has 1 aliphatic heterocycles. The van der Waals surface area contributed by atoms with E-state index < -0.39 is 0 Å². The highest BCUT2D eigenvalue weighted by Crippen LogP contribution is 2.07. The van der Waals surface area contributed by atoms with Crippen LogP contribution in [0.2, 0.25) is 0 Å². The molecule has 1 heterocycles. The van der Waals surface area contributed by atoms with Crippen molar-refractivity contribution < 1.29 is 4.79 Å². The Bertz CT molecular complexity index is 140. The van der Waals surface area contributed by atoms with Gasteiger partial charge in [-0.25, -0.2) is 0 Å². The quantitative estimate of drug-likeness (QED) is 0.517. The molecule has 1 atom stereocenters. The minimum absolute atomic E-state index is 0.0150. The van der Waals surface area contributed by atoms with Crippen molar-refractivity contribution in [1.29, 1.82) is 0 Å². The summed E-state index contributed by atoms with van der Waals surface area (Å²) in [6, 6.07) is -0.0150. The van der Waals surface area contributed by atoms with Gasteiger partial charge in [0, 0.05) is 12.6 Å². The summed E-state index contributed by atoms with van der Waals surface area (Å²) in [5, 5.41) is 0. The largest absolute Gasteiger partial charge is 0.297 e. The van der Waals surface area contributed by atoms with E-state index in [9.17, 15) is 4.79 Å². The normalized spacial score (nSPS) is 26.8. The molecule has 0 aromatic carbocycles. The van der Waals surface area contributed by atoms with E-state index in [4.69, 9.17) is 0 Å². The third-order valence-corrected chi connectivity index (χ3v) is 1.56. The molecule has 0 aromatic rings. The van der Waals surface area contributed by atoms with Crippen LogP contribution in [0.5, 0.6) is 0 Å². The number of rotatable bonds is 1. The predicted octanol–water partition coefficient (Wildman–Crippen LogP) is 1.20. The number of aliphatic imine (C=N–C) groups is 1. The van der Waals surface area contributed by atoms with Gasteiger partial charge in [-0.05, 0) is 12.8 Å². The second kappa shape index (κ2) is 2.76. The Labute approximate surface area is 55.0 Å². The van der Waals surface area contributed by atoms with Crippen molar-refractivity contribution in [2.24, 2.45) is 4.99 Å². The van der Waals surface area contributed by atoms with Gasteiger partial charge in [0.05, 0.1) is 0 Å². The highest BCUT2D eigenvalue weighted by Gasteiger charge is 2.15. The van der Waals surface area contributed by atoms with Gasteiger partial charge in [0.2, 0.25) is 0 Å². The number of carbonyl (C=O) groups is 1. The molecule has 0 N–H and O–H groups in total. The first-order valence-corrected chi connectivity index (χ1v) is 3.39. The summed E-state index contributed by atoms with van der Waals surface area (Å²) in [4.78, 5) is 15.0. The Hall–Kier alpha value is -0.660. The summed E-state index contributed by atoms with van der Waals surface area (Å²) in [5.41, 5.74) is 0. The van der Waals surface area contributed by atoms with Crippen molar-refractivity contribution in [2.75, 3.05) is 0 Å². The van der Waals surface area contributed by atoms with Gasteiger partial charge < -0.3 is 0 Å². The standard InChI is InChI=1S/C7H11NO/c1-2-6-7(9)4-3-5-8-6/h5-6H,2-4H2,1H3. The van der Waals surface area contributed by atoms with E-state index in [2.05, 4.69) is 4.99 Å². The fraction of sp³-hybridized carbons (Fsp3) is 0.714. The zero-order valence-electron chi connectivity index (χ0n) is 5.63. The zero-order valence-corrected chi connectivity index (χ0v) is 5.63. The molecule has 1 aliphatic rings. The second-order valence-electron chi connectivity index (χ2n) is 2.26. The molecule has 0 radical (unpaired) electrons. The number of carbonyl (C=O) groups excluding carboxylic acids is 1. The Morgan fingerprint density at radius 2 is 2.67 bits per heavy atom. The molecule has 0 spiro atoms. The molecular formula is C7H11NO. The fourth-order valence-electron chi connectivity index (χ4n) is 0.991. The summed E-state index contributed by atoms with van der Waals surface area (Å²) in [6.45, 7) is 1.99. The summed E-state index contributed by atoms with van der Waals surface area (Å²) in [7, 11) is 0. The second-order valence-corrected chi connectivity index (χ2v) is 2.26. The van der Waals surface area contributed by atoms with Crippen LogP contribution in [0.3, 0.4) is 0 Å². The van der Waals surface area contributed by atoms with Gasteiger partial charge >= 0.3 is 0 Å². The highest BCUT2D eigenvalue weighted by atomic mass is 16.1. The molecular weight excluding hydrogens is 114 g/mol. The lowest BCUT2D eigenvalue weighted by Crippen LogP contribution is -2.20. The van der Waals surface area contributed by atoms with Crippen molar-refractivity contribution in [3.8, 4) is 0 Å². The number of Topliss-reactive ketones (excluding diaryl/α,β-unsaturated/α-hetero) is 1. The number of nitrogens with zero attached hydrogens (tertiary/aromatic N) is 1. The monoisotopic (exact) mass is 125 g/mol. The number of hydrogen-bond donors (Lipinski definition) is 0. The van der Waals surface area contributed by atoms with E-state index in [0.29, 0.717) is 12.2 Å². The lowest BCUT2D eigenvalue weighted by molar-refractivity contribution is -0.120. The highest BCUT2D eigenvalue weighted by molar-refractivity contribution is 5.89. The van der Waals surface area contributed by atoms with Crippen molar-refractivity contribution >= 4 is 12.0 Å². The van der Waals surface area contributed by atoms with Crippen LogP contribution in [0.25, 0.3) is 0 Å². The molecule has 0 bridgehead atoms. The summed E-state index contributed by atoms with van der Waals surface area (Å²) in [5.74, 6) is 0.306. The summed E-state index contributed by atoms with van der Waals surface area (Å²) >= 11 is 0. The van der Waals surface area contributed by atoms with Gasteiger partial charge in [-0.1, -0.05) is 6.92 Å². The van der Waals surface area contributed by atoms with Crippen LogP contribution in [0.1, 0.15) is 26.2 Å². The maximum absolute atomic E-state index is 10.9. The molecule has 2 heteroatoms. The molecule has 0 amide bonds. The first-order chi connectivity index (χ1) is 4.34. The number of hydrogen-bond acceptors (Lipinski definition) is 2. The molecule has 0 aliphatic carbocycles. The van der Waals surface area contributed by atoms with E-state index in [1.54, 1.807) is 0 Å². The average Bonchev–Trinajstić information content (AvgIpc) is 1.89. The van der Waals surface area contributed by atoms with Gasteiger partial charge in [-0.3, -0.25) is 9.79 Å². The Balaban J connectivity index is 2.57. The maximum atomic E-state index is 10.9. The Morgan fingerprint density at radius 1 is 1.89 bits per heavy atom. The van der Waals surface area contributed by atoms with Crippen molar-refractivity contribution in [1.82, 2.24) is 0 Å². The molecule has 0 fully saturated rings. The lowest BCUT2D eigenvalue weighted by Gasteiger charge is -2.11. The Morgan fingerprint density at radius 3 is 3.11 bits per heavy atom. The smallest absolute Gasteiger partial charge is 0.157 e. The van der Waals surface area contributed by atoms with Crippen molar-refractivity contribution in [3.05, 3.63) is 0 Å². The molecule has 9 heavy (non-hydrogen) atoms. The van der Waals surface area contributed by atoms with E-state index in [0.717, 1.165) is 12.8 Å². The van der Waals surface area contributed by atoms with E-state index in [1.807, 2.05) is 13.1 Å². The molecule has 50 valence electrons. The fourth-order valence-corrected chi connectivity index (χ4v) is 0.991. The van der Waals surface area contributed by atoms with E-state index >= 15 is 0 Å². The van der Waals surface area contributed by atoms with Crippen LogP contribution in [0.15, 0.2) is 4.99 Å². The zero-order chi connectivity index (χ0) is 6.69. The van der Waals surface area contributed by atoms with Crippen LogP contribution in [-0.2, 0) is 4.79 Å². The van der Waals surface area contributed by atoms with Gasteiger partial charge in [-0.2, -0.15) is 0 Å². The van der Waals surface area contributed by atoms with Crippen LogP contribution >= 0.6 is 0 Å². The average molecular weight is 125 g/mol. The van der Waals surface area contributed by atoms with E-state index in [-0.39, 0.29) is 6.04 Å². The third kappa shape index (κ3) is 1.37. The van der Waals surface area contributed by atoms with Gasteiger partial charge in [0.1, 0.15) is 6.04 Å². The van der Waals surface area contributed by atoms with Crippen molar-refractivity contribution in [3.63, 3.8) is 0 Å². The minimum Gasteiger partial charge on any atom is -0.297 e. The summed E-state index contributed by atoms with van der Waals surface area (Å²) in [6.07, 6.45) is 4.25. The Kier molecular flexibility index (Phi) is 1.98. The topological polar surface area (TPSA) is 29.4 Å². The van der Waals surface area contributed by atoms with Crippen LogP contribution in [0, 0.1) is 0 Å². The van der Waals surface area contributed by atoms with Crippen LogP contribution < -0.4 is 0 Å². The lowest BCUT2D eigenvalue weighted by atomic mass is 10.0. The van der Waals surface area contributed by atoms with Crippen LogP contribution in [-0.4, -0.2) is 18.0 Å². The third-order valence-electron chi connectivity index (χ3n) is 1.56. The van der Waals surface area contributed by atoms with Crippen molar-refractivity contribution in [2.45, 2.75) is 32.2 Å². The first kappa shape index (κ1) is 6.46. The molecule has 2 nitrogen and oxygen atoms in total. The molecule has 1 rings (SSSR count). The molecule has 0 aromatic heterocycles.